The molecule has 1 aliphatic heterocycles. The first-order chi connectivity index (χ1) is 11.9. The highest BCUT2D eigenvalue weighted by Crippen LogP contribution is 2.28. The molecule has 0 bridgehead atoms. The van der Waals surface area contributed by atoms with Gasteiger partial charge >= 0.3 is 5.97 Å². The zero-order valence-electron chi connectivity index (χ0n) is 15.0. The fraction of sp³-hybridized carbons (Fsp3) is 0.400. The predicted octanol–water partition coefficient (Wildman–Crippen LogP) is 3.36. The molecule has 0 saturated carbocycles. The van der Waals surface area contributed by atoms with Crippen molar-refractivity contribution in [1.29, 1.82) is 0 Å². The molecule has 1 saturated heterocycles. The Balaban J connectivity index is 1.77. The quantitative estimate of drug-likeness (QED) is 0.932. The van der Waals surface area contributed by atoms with E-state index in [0.717, 1.165) is 41.9 Å². The molecule has 3 rings (SSSR count). The first-order valence-electron chi connectivity index (χ1n) is 8.64. The average molecular weight is 340 g/mol. The summed E-state index contributed by atoms with van der Waals surface area (Å²) in [5.41, 5.74) is 4.25. The van der Waals surface area contributed by atoms with Crippen LogP contribution in [-0.4, -0.2) is 39.5 Å². The van der Waals surface area contributed by atoms with Crippen LogP contribution in [0.3, 0.4) is 0 Å². The van der Waals surface area contributed by atoms with Gasteiger partial charge in [0.25, 0.3) is 5.91 Å². The van der Waals surface area contributed by atoms with Gasteiger partial charge in [-0.05, 0) is 50.5 Å². The van der Waals surface area contributed by atoms with Crippen molar-refractivity contribution in [3.8, 4) is 0 Å². The average Bonchev–Trinajstić information content (AvgIpc) is 2.88. The lowest BCUT2D eigenvalue weighted by Crippen LogP contribution is -2.39. The molecule has 2 aromatic rings. The SMILES string of the molecule is Cc1cc(C(=O)N2CCC[C@H](c3ccc(C(=O)O)cc3)C2)c(C)n1C. The van der Waals surface area contributed by atoms with Crippen molar-refractivity contribution >= 4 is 11.9 Å². The number of hydrogen-bond donors (Lipinski definition) is 1. The summed E-state index contributed by atoms with van der Waals surface area (Å²) < 4.78 is 2.04. The van der Waals surface area contributed by atoms with Crippen molar-refractivity contribution in [3.63, 3.8) is 0 Å². The summed E-state index contributed by atoms with van der Waals surface area (Å²) in [5, 5.41) is 9.02. The minimum Gasteiger partial charge on any atom is -0.478 e. The summed E-state index contributed by atoms with van der Waals surface area (Å²) >= 11 is 0. The highest BCUT2D eigenvalue weighted by atomic mass is 16.4. The molecule has 2 heterocycles. The Kier molecular flexibility index (Phi) is 4.66. The third kappa shape index (κ3) is 3.31. The van der Waals surface area contributed by atoms with Crippen LogP contribution in [0.4, 0.5) is 0 Å². The highest BCUT2D eigenvalue weighted by Gasteiger charge is 2.27. The molecular weight excluding hydrogens is 316 g/mol. The summed E-state index contributed by atoms with van der Waals surface area (Å²) in [6.07, 6.45) is 1.98. The largest absolute Gasteiger partial charge is 0.478 e. The lowest BCUT2D eigenvalue weighted by Gasteiger charge is -2.33. The zero-order valence-corrected chi connectivity index (χ0v) is 15.0. The molecule has 1 atom stereocenters. The van der Waals surface area contributed by atoms with E-state index >= 15 is 0 Å². The van der Waals surface area contributed by atoms with Crippen LogP contribution in [0, 0.1) is 13.8 Å². The molecule has 0 spiro atoms. The van der Waals surface area contributed by atoms with Crippen molar-refractivity contribution in [2.24, 2.45) is 7.05 Å². The summed E-state index contributed by atoms with van der Waals surface area (Å²) in [7, 11) is 1.98. The molecule has 1 fully saturated rings. The Morgan fingerprint density at radius 1 is 1.16 bits per heavy atom. The number of aryl methyl sites for hydroxylation is 1. The maximum atomic E-state index is 12.9. The number of benzene rings is 1. The minimum absolute atomic E-state index is 0.0908. The van der Waals surface area contributed by atoms with Crippen molar-refractivity contribution in [1.82, 2.24) is 9.47 Å². The minimum atomic E-state index is -0.915. The third-order valence-corrected chi connectivity index (χ3v) is 5.34. The number of carbonyl (C=O) groups excluding carboxylic acids is 1. The Labute approximate surface area is 147 Å². The van der Waals surface area contributed by atoms with Gasteiger partial charge in [0.1, 0.15) is 0 Å². The molecule has 132 valence electrons. The molecule has 0 aliphatic carbocycles. The molecule has 0 unspecified atom stereocenters. The lowest BCUT2D eigenvalue weighted by atomic mass is 9.90. The van der Waals surface area contributed by atoms with Crippen LogP contribution in [-0.2, 0) is 7.05 Å². The number of rotatable bonds is 3. The molecule has 1 aromatic heterocycles. The van der Waals surface area contributed by atoms with Gasteiger partial charge in [0.2, 0.25) is 0 Å². The molecule has 1 aromatic carbocycles. The Morgan fingerprint density at radius 3 is 2.40 bits per heavy atom. The molecule has 0 radical (unpaired) electrons. The van der Waals surface area contributed by atoms with Gasteiger partial charge in [0.15, 0.2) is 0 Å². The Bertz CT molecular complexity index is 805. The van der Waals surface area contributed by atoms with Crippen molar-refractivity contribution < 1.29 is 14.7 Å². The summed E-state index contributed by atoms with van der Waals surface area (Å²) in [6, 6.07) is 9.00. The first-order valence-corrected chi connectivity index (χ1v) is 8.64. The topological polar surface area (TPSA) is 62.5 Å². The number of carbonyl (C=O) groups is 2. The molecule has 1 aliphatic rings. The second-order valence-electron chi connectivity index (χ2n) is 6.86. The smallest absolute Gasteiger partial charge is 0.335 e. The van der Waals surface area contributed by atoms with Crippen LogP contribution in [0.15, 0.2) is 30.3 Å². The lowest BCUT2D eigenvalue weighted by molar-refractivity contribution is 0.0693. The van der Waals surface area contributed by atoms with E-state index in [0.29, 0.717) is 12.1 Å². The zero-order chi connectivity index (χ0) is 18.1. The van der Waals surface area contributed by atoms with Crippen LogP contribution in [0.5, 0.6) is 0 Å². The van der Waals surface area contributed by atoms with E-state index in [-0.39, 0.29) is 11.8 Å². The number of hydrogen-bond acceptors (Lipinski definition) is 2. The second-order valence-corrected chi connectivity index (χ2v) is 6.86. The van der Waals surface area contributed by atoms with E-state index in [1.807, 2.05) is 48.6 Å². The van der Waals surface area contributed by atoms with Crippen molar-refractivity contribution in [2.75, 3.05) is 13.1 Å². The van der Waals surface area contributed by atoms with Gasteiger partial charge in [-0.1, -0.05) is 12.1 Å². The molecule has 1 N–H and O–H groups in total. The van der Waals surface area contributed by atoms with Gasteiger partial charge in [-0.3, -0.25) is 4.79 Å². The maximum Gasteiger partial charge on any atom is 0.335 e. The summed E-state index contributed by atoms with van der Waals surface area (Å²) in [4.78, 5) is 25.9. The molecule has 25 heavy (non-hydrogen) atoms. The Hall–Kier alpha value is -2.56. The number of amides is 1. The first kappa shape index (κ1) is 17.3. The van der Waals surface area contributed by atoms with Crippen molar-refractivity contribution in [2.45, 2.75) is 32.6 Å². The number of aromatic carboxylic acids is 1. The molecular formula is C20H24N2O3. The standard InChI is InChI=1S/C20H24N2O3/c1-13-11-18(14(2)21(13)3)19(23)22-10-4-5-17(12-22)15-6-8-16(9-7-15)20(24)25/h6-9,11,17H,4-5,10,12H2,1-3H3,(H,24,25)/t17-/m0/s1. The normalized spacial score (nSPS) is 17.6. The van der Waals surface area contributed by atoms with E-state index in [1.165, 1.54) is 0 Å². The van der Waals surface area contributed by atoms with Gasteiger partial charge < -0.3 is 14.6 Å². The number of carboxylic acid groups (broad SMARTS) is 1. The van der Waals surface area contributed by atoms with Gasteiger partial charge in [-0.25, -0.2) is 4.79 Å². The third-order valence-electron chi connectivity index (χ3n) is 5.34. The van der Waals surface area contributed by atoms with Gasteiger partial charge in [-0.2, -0.15) is 0 Å². The van der Waals surface area contributed by atoms with E-state index in [9.17, 15) is 9.59 Å². The van der Waals surface area contributed by atoms with Crippen molar-refractivity contribution in [3.05, 3.63) is 58.4 Å². The highest BCUT2D eigenvalue weighted by molar-refractivity contribution is 5.95. The monoisotopic (exact) mass is 340 g/mol. The predicted molar refractivity (Wildman–Crippen MR) is 96.2 cm³/mol. The van der Waals surface area contributed by atoms with Gasteiger partial charge in [-0.15, -0.1) is 0 Å². The van der Waals surface area contributed by atoms with E-state index in [4.69, 9.17) is 5.11 Å². The van der Waals surface area contributed by atoms with Gasteiger partial charge in [0.05, 0.1) is 11.1 Å². The maximum absolute atomic E-state index is 12.9. The number of aromatic nitrogens is 1. The molecule has 5 nitrogen and oxygen atoms in total. The van der Waals surface area contributed by atoms with Crippen LogP contribution >= 0.6 is 0 Å². The Morgan fingerprint density at radius 2 is 1.84 bits per heavy atom. The molecule has 1 amide bonds. The number of carboxylic acids is 1. The number of likely N-dealkylation sites (tertiary alicyclic amines) is 1. The fourth-order valence-corrected chi connectivity index (χ4v) is 3.57. The van der Waals surface area contributed by atoms with Gasteiger partial charge in [0, 0.05) is 37.4 Å². The van der Waals surface area contributed by atoms with Crippen LogP contribution < -0.4 is 0 Å². The summed E-state index contributed by atoms with van der Waals surface area (Å²) in [5.74, 6) is -0.569. The van der Waals surface area contributed by atoms with E-state index in [1.54, 1.807) is 12.1 Å². The van der Waals surface area contributed by atoms with Crippen LogP contribution in [0.1, 0.15) is 56.4 Å². The fourth-order valence-electron chi connectivity index (χ4n) is 3.57. The number of piperidine rings is 1. The second kappa shape index (κ2) is 6.75. The van der Waals surface area contributed by atoms with E-state index in [2.05, 4.69) is 0 Å². The summed E-state index contributed by atoms with van der Waals surface area (Å²) in [6.45, 7) is 5.44. The van der Waals surface area contributed by atoms with Crippen LogP contribution in [0.25, 0.3) is 0 Å². The number of nitrogens with zero attached hydrogens (tertiary/aromatic N) is 2. The van der Waals surface area contributed by atoms with Crippen LogP contribution in [0.2, 0.25) is 0 Å². The molecule has 5 heteroatoms. The van der Waals surface area contributed by atoms with E-state index < -0.39 is 5.97 Å².